The number of ether oxygens (including phenoxy) is 1. The van der Waals surface area contributed by atoms with Gasteiger partial charge in [0.1, 0.15) is 11.5 Å². The Morgan fingerprint density at radius 2 is 1.96 bits per heavy atom. The highest BCUT2D eigenvalue weighted by Crippen LogP contribution is 2.25. The first-order valence-electron chi connectivity index (χ1n) is 8.48. The van der Waals surface area contributed by atoms with Gasteiger partial charge in [-0.2, -0.15) is 0 Å². The first kappa shape index (κ1) is 16.1. The topological polar surface area (TPSA) is 37.6 Å². The molecule has 0 aliphatic carbocycles. The number of hydrogen-bond donors (Lipinski definition) is 1. The van der Waals surface area contributed by atoms with Crippen molar-refractivity contribution in [3.05, 3.63) is 54.0 Å². The number of para-hydroxylation sites is 1. The molecule has 23 heavy (non-hydrogen) atoms. The van der Waals surface area contributed by atoms with E-state index in [4.69, 9.17) is 9.15 Å². The number of hydrogen-bond acceptors (Lipinski definition) is 4. The first-order valence-corrected chi connectivity index (χ1v) is 8.48. The minimum atomic E-state index is 0.306. The van der Waals surface area contributed by atoms with Crippen LogP contribution in [0.3, 0.4) is 0 Å². The molecule has 3 rings (SSSR count). The van der Waals surface area contributed by atoms with Gasteiger partial charge >= 0.3 is 0 Å². The molecule has 0 saturated carbocycles. The molecule has 4 nitrogen and oxygen atoms in total. The van der Waals surface area contributed by atoms with Crippen molar-refractivity contribution >= 4 is 0 Å². The van der Waals surface area contributed by atoms with Gasteiger partial charge in [-0.1, -0.05) is 24.6 Å². The molecule has 1 aliphatic heterocycles. The Hall–Kier alpha value is -1.78. The summed E-state index contributed by atoms with van der Waals surface area (Å²) in [5, 5.41) is 3.58. The lowest BCUT2D eigenvalue weighted by Crippen LogP contribution is -2.38. The molecule has 1 aromatic heterocycles. The predicted octanol–water partition coefficient (Wildman–Crippen LogP) is 3.61. The van der Waals surface area contributed by atoms with Crippen molar-refractivity contribution in [3.63, 3.8) is 0 Å². The normalized spacial score (nSPS) is 17.1. The molecule has 1 aromatic carbocycles. The smallest absolute Gasteiger partial charge is 0.123 e. The molecule has 0 spiro atoms. The Bertz CT molecular complexity index is 577. The van der Waals surface area contributed by atoms with E-state index in [1.807, 2.05) is 24.3 Å². The summed E-state index contributed by atoms with van der Waals surface area (Å²) in [6, 6.07) is 12.5. The van der Waals surface area contributed by atoms with Gasteiger partial charge in [-0.15, -0.1) is 0 Å². The highest BCUT2D eigenvalue weighted by atomic mass is 16.5. The minimum Gasteiger partial charge on any atom is -0.496 e. The molecule has 1 N–H and O–H groups in total. The maximum atomic E-state index is 5.69. The average Bonchev–Trinajstić information content (AvgIpc) is 3.14. The lowest BCUT2D eigenvalue weighted by Gasteiger charge is -2.33. The van der Waals surface area contributed by atoms with Gasteiger partial charge in [0.05, 0.1) is 19.4 Å². The maximum absolute atomic E-state index is 5.69. The van der Waals surface area contributed by atoms with Crippen molar-refractivity contribution < 1.29 is 9.15 Å². The molecular formula is C19H26N2O2. The summed E-state index contributed by atoms with van der Waals surface area (Å²) in [5.74, 6) is 1.99. The van der Waals surface area contributed by atoms with E-state index in [0.29, 0.717) is 6.04 Å². The third-order valence-corrected chi connectivity index (χ3v) is 4.55. The zero-order chi connectivity index (χ0) is 15.9. The number of nitrogens with one attached hydrogen (secondary N) is 1. The number of nitrogens with zero attached hydrogens (tertiary/aromatic N) is 1. The summed E-state index contributed by atoms with van der Waals surface area (Å²) >= 11 is 0. The number of benzene rings is 1. The van der Waals surface area contributed by atoms with Crippen LogP contribution < -0.4 is 10.1 Å². The van der Waals surface area contributed by atoms with Crippen molar-refractivity contribution in [3.8, 4) is 5.75 Å². The van der Waals surface area contributed by atoms with E-state index in [1.165, 1.54) is 24.8 Å². The Labute approximate surface area is 138 Å². The number of rotatable bonds is 7. The Morgan fingerprint density at radius 3 is 2.70 bits per heavy atom. The number of furan rings is 1. The summed E-state index contributed by atoms with van der Waals surface area (Å²) < 4.78 is 11.1. The third-order valence-electron chi connectivity index (χ3n) is 4.55. The molecule has 1 aliphatic rings. The molecule has 0 radical (unpaired) electrons. The predicted molar refractivity (Wildman–Crippen MR) is 91.6 cm³/mol. The summed E-state index contributed by atoms with van der Waals surface area (Å²) in [6.45, 7) is 3.99. The lowest BCUT2D eigenvalue weighted by molar-refractivity contribution is 0.142. The second kappa shape index (κ2) is 8.18. The molecule has 2 aromatic rings. The Kier molecular flexibility index (Phi) is 5.72. The van der Waals surface area contributed by atoms with Crippen LogP contribution in [0.25, 0.3) is 0 Å². The Morgan fingerprint density at radius 1 is 1.13 bits per heavy atom. The third kappa shape index (κ3) is 4.15. The van der Waals surface area contributed by atoms with E-state index >= 15 is 0 Å². The Balaban J connectivity index is 1.62. The van der Waals surface area contributed by atoms with Gasteiger partial charge in [-0.3, -0.25) is 4.90 Å². The zero-order valence-electron chi connectivity index (χ0n) is 13.8. The number of methoxy groups -OCH3 is 1. The molecule has 2 heterocycles. The first-order chi connectivity index (χ1) is 11.4. The molecule has 1 fully saturated rings. The van der Waals surface area contributed by atoms with Crippen molar-refractivity contribution in [1.29, 1.82) is 0 Å². The average molecular weight is 314 g/mol. The van der Waals surface area contributed by atoms with Gasteiger partial charge < -0.3 is 14.5 Å². The molecule has 1 saturated heterocycles. The summed E-state index contributed by atoms with van der Waals surface area (Å²) in [6.07, 6.45) is 5.68. The van der Waals surface area contributed by atoms with Crippen LogP contribution in [0.2, 0.25) is 0 Å². The standard InChI is InChI=1S/C19H26N2O2/c1-22-18-9-4-3-8-16(18)14-20-15-17(19-10-7-13-23-19)21-11-5-2-6-12-21/h3-4,7-10,13,17,20H,2,5-6,11-12,14-15H2,1H3. The zero-order valence-corrected chi connectivity index (χ0v) is 13.8. The van der Waals surface area contributed by atoms with Gasteiger partial charge in [0.15, 0.2) is 0 Å². The summed E-state index contributed by atoms with van der Waals surface area (Å²) in [4.78, 5) is 2.54. The van der Waals surface area contributed by atoms with Gasteiger partial charge in [-0.05, 0) is 44.1 Å². The van der Waals surface area contributed by atoms with Crippen molar-refractivity contribution in [2.45, 2.75) is 31.8 Å². The number of likely N-dealkylation sites (tertiary alicyclic amines) is 1. The summed E-state index contributed by atoms with van der Waals surface area (Å²) in [5.41, 5.74) is 1.19. The second-order valence-corrected chi connectivity index (χ2v) is 6.07. The highest BCUT2D eigenvalue weighted by molar-refractivity contribution is 5.33. The van der Waals surface area contributed by atoms with Crippen molar-refractivity contribution in [2.75, 3.05) is 26.7 Å². The van der Waals surface area contributed by atoms with Crippen LogP contribution in [-0.4, -0.2) is 31.6 Å². The van der Waals surface area contributed by atoms with Gasteiger partial charge in [0.2, 0.25) is 0 Å². The van der Waals surface area contributed by atoms with E-state index in [9.17, 15) is 0 Å². The van der Waals surface area contributed by atoms with Crippen LogP contribution in [0.1, 0.15) is 36.6 Å². The monoisotopic (exact) mass is 314 g/mol. The fraction of sp³-hybridized carbons (Fsp3) is 0.474. The van der Waals surface area contributed by atoms with Crippen molar-refractivity contribution in [2.24, 2.45) is 0 Å². The largest absolute Gasteiger partial charge is 0.496 e. The van der Waals surface area contributed by atoms with Crippen LogP contribution in [0, 0.1) is 0 Å². The van der Waals surface area contributed by atoms with Crippen molar-refractivity contribution in [1.82, 2.24) is 10.2 Å². The van der Waals surface area contributed by atoms with Crippen LogP contribution >= 0.6 is 0 Å². The molecule has 124 valence electrons. The van der Waals surface area contributed by atoms with Crippen LogP contribution in [0.5, 0.6) is 5.75 Å². The number of piperidine rings is 1. The van der Waals surface area contributed by atoms with Crippen LogP contribution in [0.4, 0.5) is 0 Å². The fourth-order valence-electron chi connectivity index (χ4n) is 3.31. The molecule has 1 atom stereocenters. The minimum absolute atomic E-state index is 0.306. The van der Waals surface area contributed by atoms with E-state index in [2.05, 4.69) is 22.3 Å². The quantitative estimate of drug-likeness (QED) is 0.847. The molecule has 4 heteroatoms. The molecule has 1 unspecified atom stereocenters. The van der Waals surface area contributed by atoms with Gasteiger partial charge in [-0.25, -0.2) is 0 Å². The fourth-order valence-corrected chi connectivity index (χ4v) is 3.31. The maximum Gasteiger partial charge on any atom is 0.123 e. The lowest BCUT2D eigenvalue weighted by atomic mass is 10.1. The van der Waals surface area contributed by atoms with Crippen LogP contribution in [-0.2, 0) is 6.54 Å². The second-order valence-electron chi connectivity index (χ2n) is 6.07. The molecule has 0 bridgehead atoms. The van der Waals surface area contributed by atoms with E-state index in [0.717, 1.165) is 37.7 Å². The molecular weight excluding hydrogens is 288 g/mol. The highest BCUT2D eigenvalue weighted by Gasteiger charge is 2.24. The van der Waals surface area contributed by atoms with Gasteiger partial charge in [0, 0.05) is 18.7 Å². The summed E-state index contributed by atoms with van der Waals surface area (Å²) in [7, 11) is 1.72. The SMILES string of the molecule is COc1ccccc1CNCC(c1ccco1)N1CCCCC1. The van der Waals surface area contributed by atoms with Crippen LogP contribution in [0.15, 0.2) is 47.1 Å². The molecule has 0 amide bonds. The van der Waals surface area contributed by atoms with E-state index < -0.39 is 0 Å². The van der Waals surface area contributed by atoms with E-state index in [-0.39, 0.29) is 0 Å². The van der Waals surface area contributed by atoms with Gasteiger partial charge in [0.25, 0.3) is 0 Å². The van der Waals surface area contributed by atoms with E-state index in [1.54, 1.807) is 13.4 Å².